The van der Waals surface area contributed by atoms with E-state index in [1.165, 1.54) is 29.7 Å². The van der Waals surface area contributed by atoms with Crippen molar-refractivity contribution in [3.63, 3.8) is 0 Å². The quantitative estimate of drug-likeness (QED) is 0.713. The Hall–Kier alpha value is -2.29. The molecule has 0 N–H and O–H groups in total. The second-order valence-electron chi connectivity index (χ2n) is 5.81. The van der Waals surface area contributed by atoms with Gasteiger partial charge in [-0.1, -0.05) is 24.3 Å². The minimum Gasteiger partial charge on any atom is -0.365 e. The first kappa shape index (κ1) is 12.5. The fourth-order valence-electron chi connectivity index (χ4n) is 3.25. The molecule has 0 amide bonds. The van der Waals surface area contributed by atoms with E-state index in [1.54, 1.807) is 0 Å². The van der Waals surface area contributed by atoms with Gasteiger partial charge < -0.3 is 9.30 Å². The van der Waals surface area contributed by atoms with Gasteiger partial charge in [-0.25, -0.2) is 4.98 Å². The van der Waals surface area contributed by atoms with E-state index in [9.17, 15) is 0 Å². The van der Waals surface area contributed by atoms with E-state index < -0.39 is 0 Å². The molecule has 0 unspecified atom stereocenters. The third-order valence-electron chi connectivity index (χ3n) is 4.29. The molecule has 0 saturated carbocycles. The Labute approximate surface area is 124 Å². The summed E-state index contributed by atoms with van der Waals surface area (Å²) in [5.74, 6) is 0. The molecule has 0 saturated heterocycles. The standard InChI is InChI=1S/C18H19N3/c1-14-6-4-11-21-13-16(19-18(14)21)12-20-10-5-8-15-7-2-3-9-17(15)20/h2-4,6-7,9,11,13H,5,8,10,12H2,1H3. The van der Waals surface area contributed by atoms with Crippen LogP contribution >= 0.6 is 0 Å². The maximum absolute atomic E-state index is 4.80. The summed E-state index contributed by atoms with van der Waals surface area (Å²) >= 11 is 0. The molecule has 0 aliphatic carbocycles. The van der Waals surface area contributed by atoms with Gasteiger partial charge in [-0.2, -0.15) is 0 Å². The highest BCUT2D eigenvalue weighted by molar-refractivity contribution is 5.56. The van der Waals surface area contributed by atoms with Crippen molar-refractivity contribution in [2.24, 2.45) is 0 Å². The zero-order chi connectivity index (χ0) is 14.2. The topological polar surface area (TPSA) is 20.5 Å². The van der Waals surface area contributed by atoms with E-state index in [4.69, 9.17) is 4.98 Å². The average molecular weight is 277 g/mol. The highest BCUT2D eigenvalue weighted by Crippen LogP contribution is 2.28. The largest absolute Gasteiger partial charge is 0.365 e. The second-order valence-corrected chi connectivity index (χ2v) is 5.81. The number of para-hydroxylation sites is 1. The summed E-state index contributed by atoms with van der Waals surface area (Å²) < 4.78 is 2.13. The van der Waals surface area contributed by atoms with Gasteiger partial charge in [0, 0.05) is 24.6 Å². The zero-order valence-electron chi connectivity index (χ0n) is 12.3. The number of anilines is 1. The van der Waals surface area contributed by atoms with Crippen LogP contribution in [0.15, 0.2) is 48.8 Å². The molecule has 4 rings (SSSR count). The summed E-state index contributed by atoms with van der Waals surface area (Å²) in [7, 11) is 0. The minimum atomic E-state index is 0.887. The van der Waals surface area contributed by atoms with Crippen molar-refractivity contribution >= 4 is 11.3 Å². The van der Waals surface area contributed by atoms with Gasteiger partial charge in [0.15, 0.2) is 0 Å². The van der Waals surface area contributed by atoms with Crippen LogP contribution in [-0.2, 0) is 13.0 Å². The molecule has 0 bridgehead atoms. The first-order valence-electron chi connectivity index (χ1n) is 7.57. The zero-order valence-corrected chi connectivity index (χ0v) is 12.3. The molecular weight excluding hydrogens is 258 g/mol. The number of rotatable bonds is 2. The molecule has 3 nitrogen and oxygen atoms in total. The van der Waals surface area contributed by atoms with E-state index in [2.05, 4.69) is 65.0 Å². The summed E-state index contributed by atoms with van der Waals surface area (Å²) in [6.45, 7) is 4.12. The van der Waals surface area contributed by atoms with Gasteiger partial charge in [0.1, 0.15) is 5.65 Å². The Balaban J connectivity index is 1.68. The Morgan fingerprint density at radius 3 is 2.95 bits per heavy atom. The van der Waals surface area contributed by atoms with E-state index in [-0.39, 0.29) is 0 Å². The number of pyridine rings is 1. The van der Waals surface area contributed by atoms with Crippen LogP contribution in [0.4, 0.5) is 5.69 Å². The molecule has 0 spiro atoms. The molecule has 1 aromatic carbocycles. The third-order valence-corrected chi connectivity index (χ3v) is 4.29. The van der Waals surface area contributed by atoms with Crippen molar-refractivity contribution in [3.05, 3.63) is 65.6 Å². The lowest BCUT2D eigenvalue weighted by Gasteiger charge is -2.30. The number of hydrogen-bond donors (Lipinski definition) is 0. The van der Waals surface area contributed by atoms with Crippen LogP contribution in [0, 0.1) is 6.92 Å². The lowest BCUT2D eigenvalue weighted by molar-refractivity contribution is 0.685. The van der Waals surface area contributed by atoms with Crippen molar-refractivity contribution in [1.29, 1.82) is 0 Å². The van der Waals surface area contributed by atoms with E-state index in [0.29, 0.717) is 0 Å². The molecule has 1 aliphatic rings. The summed E-state index contributed by atoms with van der Waals surface area (Å²) in [6.07, 6.45) is 6.64. The number of nitrogens with zero attached hydrogens (tertiary/aromatic N) is 3. The smallest absolute Gasteiger partial charge is 0.140 e. The maximum atomic E-state index is 4.80. The van der Waals surface area contributed by atoms with Crippen molar-refractivity contribution in [3.8, 4) is 0 Å². The highest BCUT2D eigenvalue weighted by Gasteiger charge is 2.17. The molecule has 3 heteroatoms. The van der Waals surface area contributed by atoms with Crippen molar-refractivity contribution in [2.45, 2.75) is 26.3 Å². The number of aromatic nitrogens is 2. The predicted molar refractivity (Wildman–Crippen MR) is 85.7 cm³/mol. The van der Waals surface area contributed by atoms with Gasteiger partial charge in [-0.3, -0.25) is 0 Å². The minimum absolute atomic E-state index is 0.887. The van der Waals surface area contributed by atoms with Gasteiger partial charge >= 0.3 is 0 Å². The molecule has 21 heavy (non-hydrogen) atoms. The summed E-state index contributed by atoms with van der Waals surface area (Å²) in [4.78, 5) is 7.25. The van der Waals surface area contributed by atoms with Crippen LogP contribution in [0.1, 0.15) is 23.2 Å². The van der Waals surface area contributed by atoms with Crippen molar-refractivity contribution in [1.82, 2.24) is 9.38 Å². The Morgan fingerprint density at radius 2 is 2.05 bits per heavy atom. The number of aryl methyl sites for hydroxylation is 2. The highest BCUT2D eigenvalue weighted by atomic mass is 15.2. The molecule has 0 fully saturated rings. The summed E-state index contributed by atoms with van der Waals surface area (Å²) in [5, 5.41) is 0. The maximum Gasteiger partial charge on any atom is 0.140 e. The monoisotopic (exact) mass is 277 g/mol. The van der Waals surface area contributed by atoms with Crippen LogP contribution in [-0.4, -0.2) is 15.9 Å². The summed E-state index contributed by atoms with van der Waals surface area (Å²) in [6, 6.07) is 12.9. The fourth-order valence-corrected chi connectivity index (χ4v) is 3.25. The van der Waals surface area contributed by atoms with Crippen LogP contribution in [0.2, 0.25) is 0 Å². The van der Waals surface area contributed by atoms with E-state index in [0.717, 1.165) is 24.4 Å². The first-order chi connectivity index (χ1) is 10.3. The van der Waals surface area contributed by atoms with Crippen LogP contribution in [0.25, 0.3) is 5.65 Å². The fraction of sp³-hybridized carbons (Fsp3) is 0.278. The molecule has 2 aromatic heterocycles. The predicted octanol–water partition coefficient (Wildman–Crippen LogP) is 3.60. The lowest BCUT2D eigenvalue weighted by Crippen LogP contribution is -2.28. The van der Waals surface area contributed by atoms with Gasteiger partial charge in [-0.05, 0) is 43.0 Å². The Bertz CT molecular complexity index is 788. The molecule has 3 heterocycles. The van der Waals surface area contributed by atoms with Crippen LogP contribution in [0.3, 0.4) is 0 Å². The Morgan fingerprint density at radius 1 is 1.14 bits per heavy atom. The second kappa shape index (κ2) is 4.92. The molecular formula is C18H19N3. The Kier molecular flexibility index (Phi) is 2.92. The molecule has 0 radical (unpaired) electrons. The normalized spacial score (nSPS) is 14.4. The number of imidazole rings is 1. The van der Waals surface area contributed by atoms with Gasteiger partial charge in [0.25, 0.3) is 0 Å². The lowest BCUT2D eigenvalue weighted by atomic mass is 10.0. The third kappa shape index (κ3) is 2.19. The SMILES string of the molecule is Cc1cccn2cc(CN3CCCc4ccccc43)nc12. The van der Waals surface area contributed by atoms with Crippen molar-refractivity contribution < 1.29 is 0 Å². The molecule has 0 atom stereocenters. The van der Waals surface area contributed by atoms with Crippen molar-refractivity contribution in [2.75, 3.05) is 11.4 Å². The molecule has 106 valence electrons. The first-order valence-corrected chi connectivity index (χ1v) is 7.57. The van der Waals surface area contributed by atoms with Gasteiger partial charge in [0.2, 0.25) is 0 Å². The molecule has 1 aliphatic heterocycles. The van der Waals surface area contributed by atoms with Gasteiger partial charge in [-0.15, -0.1) is 0 Å². The van der Waals surface area contributed by atoms with Crippen LogP contribution < -0.4 is 4.90 Å². The van der Waals surface area contributed by atoms with Gasteiger partial charge in [0.05, 0.1) is 12.2 Å². The molecule has 3 aromatic rings. The number of benzene rings is 1. The number of hydrogen-bond acceptors (Lipinski definition) is 2. The van der Waals surface area contributed by atoms with Crippen LogP contribution in [0.5, 0.6) is 0 Å². The summed E-state index contributed by atoms with van der Waals surface area (Å²) in [5.41, 5.74) is 6.27. The average Bonchev–Trinajstić information content (AvgIpc) is 2.92. The number of fused-ring (bicyclic) bond motifs is 2. The van der Waals surface area contributed by atoms with E-state index in [1.807, 2.05) is 0 Å². The van der Waals surface area contributed by atoms with E-state index >= 15 is 0 Å².